The summed E-state index contributed by atoms with van der Waals surface area (Å²) in [5, 5.41) is 19.7. The van der Waals surface area contributed by atoms with E-state index in [-0.39, 0.29) is 12.4 Å². The highest BCUT2D eigenvalue weighted by molar-refractivity contribution is 5.30. The summed E-state index contributed by atoms with van der Waals surface area (Å²) in [7, 11) is 1.64. The molecule has 0 unspecified atom stereocenters. The van der Waals surface area contributed by atoms with Gasteiger partial charge < -0.3 is 19.5 Å². The van der Waals surface area contributed by atoms with Crippen molar-refractivity contribution in [1.82, 2.24) is 9.47 Å². The summed E-state index contributed by atoms with van der Waals surface area (Å²) in [4.78, 5) is 14.2. The number of hydrogen-bond acceptors (Lipinski definition) is 5. The molecule has 124 valence electrons. The predicted molar refractivity (Wildman–Crippen MR) is 83.9 cm³/mol. The van der Waals surface area contributed by atoms with Crippen molar-refractivity contribution >= 4 is 0 Å². The van der Waals surface area contributed by atoms with Crippen LogP contribution in [-0.2, 0) is 24.4 Å². The van der Waals surface area contributed by atoms with E-state index >= 15 is 0 Å². The third-order valence-corrected chi connectivity index (χ3v) is 4.19. The quantitative estimate of drug-likeness (QED) is 0.737. The van der Waals surface area contributed by atoms with Crippen LogP contribution in [0.2, 0.25) is 0 Å². The molecule has 2 rings (SSSR count). The van der Waals surface area contributed by atoms with Crippen LogP contribution in [0.3, 0.4) is 0 Å². The van der Waals surface area contributed by atoms with Crippen LogP contribution in [0.25, 0.3) is 0 Å². The fraction of sp³-hybridized carbons (Fsp3) is 0.688. The number of pyridine rings is 1. The van der Waals surface area contributed by atoms with Crippen LogP contribution in [0.1, 0.15) is 37.1 Å². The van der Waals surface area contributed by atoms with E-state index in [1.807, 2.05) is 4.57 Å². The van der Waals surface area contributed by atoms with Crippen molar-refractivity contribution < 1.29 is 14.9 Å². The van der Waals surface area contributed by atoms with Crippen molar-refractivity contribution in [2.45, 2.75) is 45.4 Å². The Balaban J connectivity index is 2.29. The summed E-state index contributed by atoms with van der Waals surface area (Å²) in [6.45, 7) is 3.50. The van der Waals surface area contributed by atoms with Gasteiger partial charge >= 0.3 is 0 Å². The Morgan fingerprint density at radius 1 is 1.27 bits per heavy atom. The molecule has 2 N–H and O–H groups in total. The molecule has 1 aliphatic heterocycles. The molecule has 0 aromatic carbocycles. The maximum Gasteiger partial charge on any atom is 0.223 e. The lowest BCUT2D eigenvalue weighted by atomic mass is 10.1. The Kier molecular flexibility index (Phi) is 6.42. The number of hydrogen-bond donors (Lipinski definition) is 2. The van der Waals surface area contributed by atoms with Gasteiger partial charge in [-0.2, -0.15) is 0 Å². The van der Waals surface area contributed by atoms with Gasteiger partial charge in [0, 0.05) is 38.6 Å². The van der Waals surface area contributed by atoms with Gasteiger partial charge in [0.15, 0.2) is 5.75 Å². The molecule has 0 aliphatic carbocycles. The average molecular weight is 310 g/mol. The second-order valence-electron chi connectivity index (χ2n) is 5.79. The number of rotatable bonds is 7. The molecular formula is C16H26N2O4. The van der Waals surface area contributed by atoms with Gasteiger partial charge in [0.05, 0.1) is 12.3 Å². The largest absolute Gasteiger partial charge is 0.503 e. The molecule has 1 fully saturated rings. The van der Waals surface area contributed by atoms with Crippen LogP contribution in [0, 0.1) is 0 Å². The molecule has 1 aliphatic rings. The second-order valence-corrected chi connectivity index (χ2v) is 5.79. The molecule has 6 heteroatoms. The number of aromatic nitrogens is 1. The van der Waals surface area contributed by atoms with Gasteiger partial charge in [-0.25, -0.2) is 0 Å². The normalized spacial score (nSPS) is 16.1. The molecule has 0 saturated carbocycles. The zero-order valence-electron chi connectivity index (χ0n) is 13.3. The maximum atomic E-state index is 11.9. The van der Waals surface area contributed by atoms with Crippen LogP contribution in [0.4, 0.5) is 0 Å². The van der Waals surface area contributed by atoms with E-state index in [0.717, 1.165) is 32.4 Å². The first kappa shape index (κ1) is 17.0. The zero-order chi connectivity index (χ0) is 15.9. The highest BCUT2D eigenvalue weighted by atomic mass is 16.5. The Morgan fingerprint density at radius 2 is 2.00 bits per heavy atom. The standard InChI is InChI=1S/C16H26N2O4/c1-22-9-5-8-18-13(12-19)10-15(20)16(21)14(18)11-17-6-3-2-4-7-17/h10,19,21H,2-9,11-12H2,1H3. The topological polar surface area (TPSA) is 74.9 Å². The third kappa shape index (κ3) is 4.09. The first-order valence-corrected chi connectivity index (χ1v) is 7.94. The molecule has 0 radical (unpaired) electrons. The van der Waals surface area contributed by atoms with Crippen molar-refractivity contribution in [3.05, 3.63) is 27.7 Å². The van der Waals surface area contributed by atoms with E-state index in [0.29, 0.717) is 31.1 Å². The number of aromatic hydroxyl groups is 1. The molecule has 1 aromatic heterocycles. The summed E-state index contributed by atoms with van der Waals surface area (Å²) in [6, 6.07) is 1.32. The van der Waals surface area contributed by atoms with Crippen molar-refractivity contribution in [2.75, 3.05) is 26.8 Å². The Morgan fingerprint density at radius 3 is 2.64 bits per heavy atom. The Labute approximate surface area is 130 Å². The van der Waals surface area contributed by atoms with E-state index in [2.05, 4.69) is 4.90 Å². The summed E-state index contributed by atoms with van der Waals surface area (Å²) in [6.07, 6.45) is 4.29. The molecule has 0 bridgehead atoms. The smallest absolute Gasteiger partial charge is 0.223 e. The fourth-order valence-electron chi connectivity index (χ4n) is 3.01. The Hall–Kier alpha value is -1.37. The summed E-state index contributed by atoms with van der Waals surface area (Å²) >= 11 is 0. The van der Waals surface area contributed by atoms with Gasteiger partial charge in [0.2, 0.25) is 5.43 Å². The molecule has 0 atom stereocenters. The van der Waals surface area contributed by atoms with Crippen LogP contribution >= 0.6 is 0 Å². The van der Waals surface area contributed by atoms with E-state index in [9.17, 15) is 15.0 Å². The van der Waals surface area contributed by atoms with Gasteiger partial charge in [-0.05, 0) is 32.4 Å². The first-order chi connectivity index (χ1) is 10.7. The monoisotopic (exact) mass is 310 g/mol. The number of ether oxygens (including phenoxy) is 1. The minimum absolute atomic E-state index is 0.194. The minimum atomic E-state index is -0.418. The molecule has 0 amide bonds. The van der Waals surface area contributed by atoms with Crippen molar-refractivity contribution in [3.63, 3.8) is 0 Å². The zero-order valence-corrected chi connectivity index (χ0v) is 13.3. The number of nitrogens with zero attached hydrogens (tertiary/aromatic N) is 2. The first-order valence-electron chi connectivity index (χ1n) is 7.94. The number of likely N-dealkylation sites (tertiary alicyclic amines) is 1. The van der Waals surface area contributed by atoms with Gasteiger partial charge in [-0.3, -0.25) is 9.69 Å². The van der Waals surface area contributed by atoms with Gasteiger partial charge in [0.25, 0.3) is 0 Å². The Bertz CT molecular complexity index is 536. The number of aliphatic hydroxyl groups excluding tert-OH is 1. The fourth-order valence-corrected chi connectivity index (χ4v) is 3.01. The molecule has 1 saturated heterocycles. The van der Waals surface area contributed by atoms with Crippen LogP contribution in [-0.4, -0.2) is 46.5 Å². The molecule has 1 aromatic rings. The van der Waals surface area contributed by atoms with Crippen molar-refractivity contribution in [1.29, 1.82) is 0 Å². The van der Waals surface area contributed by atoms with E-state index in [1.165, 1.54) is 12.5 Å². The van der Waals surface area contributed by atoms with Gasteiger partial charge in [-0.1, -0.05) is 6.42 Å². The second kappa shape index (κ2) is 8.31. The lowest BCUT2D eigenvalue weighted by Crippen LogP contribution is -2.32. The van der Waals surface area contributed by atoms with Crippen molar-refractivity contribution in [3.8, 4) is 5.75 Å². The average Bonchev–Trinajstić information content (AvgIpc) is 2.54. The predicted octanol–water partition coefficient (Wildman–Crippen LogP) is 1.07. The minimum Gasteiger partial charge on any atom is -0.503 e. The molecule has 22 heavy (non-hydrogen) atoms. The number of methoxy groups -OCH3 is 1. The lowest BCUT2D eigenvalue weighted by molar-refractivity contribution is 0.184. The molecule has 2 heterocycles. The van der Waals surface area contributed by atoms with E-state index in [1.54, 1.807) is 7.11 Å². The summed E-state index contributed by atoms with van der Waals surface area (Å²) in [5.41, 5.74) is 0.736. The van der Waals surface area contributed by atoms with Crippen LogP contribution in [0.15, 0.2) is 10.9 Å². The third-order valence-electron chi connectivity index (χ3n) is 4.19. The summed E-state index contributed by atoms with van der Waals surface area (Å²) < 4.78 is 6.94. The van der Waals surface area contributed by atoms with E-state index < -0.39 is 5.43 Å². The van der Waals surface area contributed by atoms with Crippen molar-refractivity contribution in [2.24, 2.45) is 0 Å². The van der Waals surface area contributed by atoms with Gasteiger partial charge in [-0.15, -0.1) is 0 Å². The maximum absolute atomic E-state index is 11.9. The highest BCUT2D eigenvalue weighted by Crippen LogP contribution is 2.20. The molecule has 6 nitrogen and oxygen atoms in total. The number of piperidine rings is 1. The summed E-state index contributed by atoms with van der Waals surface area (Å²) in [5.74, 6) is -0.194. The highest BCUT2D eigenvalue weighted by Gasteiger charge is 2.19. The number of aliphatic hydroxyl groups is 1. The van der Waals surface area contributed by atoms with Crippen LogP contribution in [0.5, 0.6) is 5.75 Å². The SMILES string of the molecule is COCCCn1c(CO)cc(=O)c(O)c1CN1CCCCC1. The lowest BCUT2D eigenvalue weighted by Gasteiger charge is -2.28. The molecular weight excluding hydrogens is 284 g/mol. The van der Waals surface area contributed by atoms with Gasteiger partial charge in [0.1, 0.15) is 0 Å². The van der Waals surface area contributed by atoms with E-state index in [4.69, 9.17) is 4.74 Å². The van der Waals surface area contributed by atoms with Crippen LogP contribution < -0.4 is 5.43 Å². The molecule has 0 spiro atoms.